The summed E-state index contributed by atoms with van der Waals surface area (Å²) in [6.07, 6.45) is 3.04. The molecule has 0 unspecified atom stereocenters. The van der Waals surface area contributed by atoms with Gasteiger partial charge in [-0.05, 0) is 36.8 Å². The SMILES string of the molecule is Cc1ccc(F)c(-c2noc(NC(=O)Cc3ccccc3Br)c2-c2ccncn2)c1. The molecule has 4 rings (SSSR count). The van der Waals surface area contributed by atoms with Gasteiger partial charge in [0.15, 0.2) is 0 Å². The fourth-order valence-electron chi connectivity index (χ4n) is 3.04. The number of hydrogen-bond acceptors (Lipinski definition) is 5. The maximum absolute atomic E-state index is 14.5. The largest absolute Gasteiger partial charge is 0.337 e. The number of hydrogen-bond donors (Lipinski definition) is 1. The summed E-state index contributed by atoms with van der Waals surface area (Å²) in [4.78, 5) is 20.8. The van der Waals surface area contributed by atoms with Crippen molar-refractivity contribution in [3.05, 3.63) is 82.5 Å². The van der Waals surface area contributed by atoms with Gasteiger partial charge in [-0.1, -0.05) is 50.9 Å². The highest BCUT2D eigenvalue weighted by Gasteiger charge is 2.24. The number of anilines is 1. The monoisotopic (exact) mass is 466 g/mol. The zero-order chi connectivity index (χ0) is 21.1. The Labute approximate surface area is 180 Å². The molecule has 150 valence electrons. The third-order valence-corrected chi connectivity index (χ3v) is 5.24. The van der Waals surface area contributed by atoms with Gasteiger partial charge in [-0.25, -0.2) is 14.4 Å². The minimum atomic E-state index is -0.449. The van der Waals surface area contributed by atoms with E-state index in [0.717, 1.165) is 15.6 Å². The highest BCUT2D eigenvalue weighted by Crippen LogP contribution is 2.38. The first-order valence-corrected chi connectivity index (χ1v) is 9.88. The molecule has 0 bridgehead atoms. The van der Waals surface area contributed by atoms with Gasteiger partial charge in [0.1, 0.15) is 17.8 Å². The van der Waals surface area contributed by atoms with Crippen molar-refractivity contribution in [3.63, 3.8) is 0 Å². The molecule has 0 saturated carbocycles. The van der Waals surface area contributed by atoms with E-state index in [1.165, 1.54) is 12.4 Å². The van der Waals surface area contributed by atoms with Crippen LogP contribution in [0.1, 0.15) is 11.1 Å². The Bertz CT molecular complexity index is 1210. The smallest absolute Gasteiger partial charge is 0.241 e. The summed E-state index contributed by atoms with van der Waals surface area (Å²) in [6.45, 7) is 1.85. The van der Waals surface area contributed by atoms with Crippen molar-refractivity contribution in [1.29, 1.82) is 0 Å². The predicted molar refractivity (Wildman–Crippen MR) is 114 cm³/mol. The summed E-state index contributed by atoms with van der Waals surface area (Å²) >= 11 is 3.44. The van der Waals surface area contributed by atoms with E-state index in [0.29, 0.717) is 11.3 Å². The number of aromatic nitrogens is 3. The molecule has 2 heterocycles. The Balaban J connectivity index is 1.74. The molecule has 0 aliphatic carbocycles. The molecule has 0 spiro atoms. The van der Waals surface area contributed by atoms with Gasteiger partial charge < -0.3 is 4.52 Å². The Morgan fingerprint density at radius 3 is 2.80 bits per heavy atom. The van der Waals surface area contributed by atoms with Gasteiger partial charge in [0.25, 0.3) is 0 Å². The number of rotatable bonds is 5. The van der Waals surface area contributed by atoms with E-state index in [4.69, 9.17) is 4.52 Å². The second-order valence-corrected chi connectivity index (χ2v) is 7.48. The second-order valence-electron chi connectivity index (χ2n) is 6.63. The summed E-state index contributed by atoms with van der Waals surface area (Å²) in [5, 5.41) is 6.78. The molecule has 0 atom stereocenters. The van der Waals surface area contributed by atoms with Gasteiger partial charge in [-0.3, -0.25) is 10.1 Å². The Morgan fingerprint density at radius 1 is 1.20 bits per heavy atom. The number of benzene rings is 2. The van der Waals surface area contributed by atoms with Crippen molar-refractivity contribution in [3.8, 4) is 22.5 Å². The minimum absolute atomic E-state index is 0.0988. The van der Waals surface area contributed by atoms with Crippen LogP contribution in [0.4, 0.5) is 10.3 Å². The Morgan fingerprint density at radius 2 is 2.03 bits per heavy atom. The van der Waals surface area contributed by atoms with Crippen molar-refractivity contribution < 1.29 is 13.7 Å². The zero-order valence-corrected chi connectivity index (χ0v) is 17.5. The van der Waals surface area contributed by atoms with Crippen molar-refractivity contribution in [2.75, 3.05) is 5.32 Å². The van der Waals surface area contributed by atoms with Crippen LogP contribution in [0, 0.1) is 12.7 Å². The number of aryl methyl sites for hydroxylation is 1. The van der Waals surface area contributed by atoms with Gasteiger partial charge in [-0.2, -0.15) is 0 Å². The molecule has 2 aromatic heterocycles. The van der Waals surface area contributed by atoms with Crippen molar-refractivity contribution in [2.45, 2.75) is 13.3 Å². The lowest BCUT2D eigenvalue weighted by Gasteiger charge is -2.07. The zero-order valence-electron chi connectivity index (χ0n) is 15.9. The minimum Gasteiger partial charge on any atom is -0.337 e. The van der Waals surface area contributed by atoms with Crippen LogP contribution >= 0.6 is 15.9 Å². The first-order valence-electron chi connectivity index (χ1n) is 9.09. The van der Waals surface area contributed by atoms with Crippen LogP contribution in [-0.2, 0) is 11.2 Å². The number of carbonyl (C=O) groups is 1. The number of nitrogens with zero attached hydrogens (tertiary/aromatic N) is 3. The normalized spacial score (nSPS) is 10.8. The molecule has 0 aliphatic heterocycles. The van der Waals surface area contributed by atoms with E-state index in [9.17, 15) is 9.18 Å². The molecule has 30 heavy (non-hydrogen) atoms. The molecule has 0 fully saturated rings. The van der Waals surface area contributed by atoms with Gasteiger partial charge in [0, 0.05) is 16.2 Å². The molecule has 0 aliphatic rings. The van der Waals surface area contributed by atoms with Gasteiger partial charge in [0.05, 0.1) is 17.7 Å². The van der Waals surface area contributed by atoms with E-state index in [1.807, 2.05) is 31.2 Å². The average molecular weight is 467 g/mol. The molecule has 2 aromatic carbocycles. The predicted octanol–water partition coefficient (Wildman–Crippen LogP) is 5.19. The molecular formula is C22H16BrFN4O2. The van der Waals surface area contributed by atoms with Gasteiger partial charge in [0.2, 0.25) is 11.8 Å². The molecule has 1 N–H and O–H groups in total. The summed E-state index contributed by atoms with van der Waals surface area (Å²) in [6, 6.07) is 13.8. The topological polar surface area (TPSA) is 80.9 Å². The fourth-order valence-corrected chi connectivity index (χ4v) is 3.47. The molecule has 1 amide bonds. The molecule has 8 heteroatoms. The van der Waals surface area contributed by atoms with Crippen LogP contribution in [0.15, 0.2) is 70.1 Å². The van der Waals surface area contributed by atoms with E-state index in [2.05, 4.69) is 36.4 Å². The van der Waals surface area contributed by atoms with Crippen LogP contribution in [0.25, 0.3) is 22.5 Å². The number of carbonyl (C=O) groups excluding carboxylic acids is 1. The Hall–Kier alpha value is -3.39. The lowest BCUT2D eigenvalue weighted by Crippen LogP contribution is -2.15. The first-order chi connectivity index (χ1) is 14.5. The third kappa shape index (κ3) is 4.13. The van der Waals surface area contributed by atoms with E-state index >= 15 is 0 Å². The quantitative estimate of drug-likeness (QED) is 0.437. The van der Waals surface area contributed by atoms with Crippen LogP contribution in [0.2, 0.25) is 0 Å². The van der Waals surface area contributed by atoms with E-state index in [-0.39, 0.29) is 29.5 Å². The lowest BCUT2D eigenvalue weighted by atomic mass is 10.0. The third-order valence-electron chi connectivity index (χ3n) is 4.47. The van der Waals surface area contributed by atoms with Crippen LogP contribution in [0.3, 0.4) is 0 Å². The van der Waals surface area contributed by atoms with Crippen LogP contribution < -0.4 is 5.32 Å². The van der Waals surface area contributed by atoms with Crippen molar-refractivity contribution in [1.82, 2.24) is 15.1 Å². The highest BCUT2D eigenvalue weighted by atomic mass is 79.9. The van der Waals surface area contributed by atoms with Gasteiger partial charge >= 0.3 is 0 Å². The average Bonchev–Trinajstić information content (AvgIpc) is 3.15. The number of nitrogens with one attached hydrogen (secondary N) is 1. The standard InChI is InChI=1S/C22H16BrFN4O2/c1-13-6-7-17(24)15(10-13)21-20(18-8-9-25-12-26-18)22(30-28-21)27-19(29)11-14-4-2-3-5-16(14)23/h2-10,12H,11H2,1H3,(H,27,29). The molecule has 6 nitrogen and oxygen atoms in total. The fraction of sp³-hybridized carbons (Fsp3) is 0.0909. The maximum atomic E-state index is 14.5. The van der Waals surface area contributed by atoms with E-state index in [1.54, 1.807) is 24.4 Å². The van der Waals surface area contributed by atoms with Crippen molar-refractivity contribution in [2.24, 2.45) is 0 Å². The molecule has 4 aromatic rings. The molecular weight excluding hydrogens is 451 g/mol. The lowest BCUT2D eigenvalue weighted by molar-refractivity contribution is -0.115. The van der Waals surface area contributed by atoms with Crippen LogP contribution in [0.5, 0.6) is 0 Å². The Kier molecular flexibility index (Phi) is 5.67. The maximum Gasteiger partial charge on any atom is 0.241 e. The van der Waals surface area contributed by atoms with E-state index < -0.39 is 5.82 Å². The summed E-state index contributed by atoms with van der Waals surface area (Å²) < 4.78 is 20.8. The van der Waals surface area contributed by atoms with Crippen LogP contribution in [-0.4, -0.2) is 21.0 Å². The summed E-state index contributed by atoms with van der Waals surface area (Å²) in [5.41, 5.74) is 3.05. The second kappa shape index (κ2) is 8.54. The number of amides is 1. The van der Waals surface area contributed by atoms with Gasteiger partial charge in [-0.15, -0.1) is 0 Å². The molecule has 0 saturated heterocycles. The summed E-state index contributed by atoms with van der Waals surface area (Å²) in [5.74, 6) is -0.651. The highest BCUT2D eigenvalue weighted by molar-refractivity contribution is 9.10. The summed E-state index contributed by atoms with van der Waals surface area (Å²) in [7, 11) is 0. The van der Waals surface area contributed by atoms with Crippen molar-refractivity contribution >= 4 is 27.7 Å². The number of halogens is 2. The molecule has 0 radical (unpaired) electrons. The first kappa shape index (κ1) is 19.9.